The number of benzene rings is 2. The second-order valence-corrected chi connectivity index (χ2v) is 9.55. The van der Waals surface area contributed by atoms with E-state index in [1.54, 1.807) is 0 Å². The van der Waals surface area contributed by atoms with Crippen molar-refractivity contribution in [1.82, 2.24) is 15.5 Å². The normalized spacial score (nSPS) is 16.1. The average Bonchev–Trinajstić information content (AvgIpc) is 3.39. The maximum Gasteiger partial charge on any atom is 0.305 e. The van der Waals surface area contributed by atoms with Gasteiger partial charge in [0.25, 0.3) is 5.91 Å². The maximum absolute atomic E-state index is 13.0. The van der Waals surface area contributed by atoms with Crippen molar-refractivity contribution in [3.05, 3.63) is 64.7 Å². The summed E-state index contributed by atoms with van der Waals surface area (Å²) in [4.78, 5) is 74.1. The molecule has 2 aromatic rings. The van der Waals surface area contributed by atoms with Crippen molar-refractivity contribution >= 4 is 53.2 Å². The van der Waals surface area contributed by atoms with Crippen LogP contribution < -0.4 is 16.0 Å². The van der Waals surface area contributed by atoms with E-state index in [2.05, 4.69) is 16.0 Å². The van der Waals surface area contributed by atoms with Crippen LogP contribution in [0.4, 0.5) is 5.69 Å². The standard InChI is InChI=1S/C27H29ClN4O7/c1-16(27(39)32-11-5-8-22(32)26(38)30-19(15-33)14-24(35)36)29-25(37)18-9-10-21(20(28)13-18)31-23(34)12-17-6-3-2-4-7-17/h2-4,6-7,9-10,13,15-16,19,22H,5,8,11-12,14H2,1H3,(H,29,37)(H,30,38)(H,31,34)(H,35,36). The van der Waals surface area contributed by atoms with Gasteiger partial charge in [0.2, 0.25) is 17.7 Å². The monoisotopic (exact) mass is 556 g/mol. The largest absolute Gasteiger partial charge is 0.481 e. The number of carboxylic acid groups (broad SMARTS) is 1. The van der Waals surface area contributed by atoms with E-state index < -0.39 is 48.2 Å². The van der Waals surface area contributed by atoms with Crippen LogP contribution in [0.3, 0.4) is 0 Å². The van der Waals surface area contributed by atoms with Crippen LogP contribution in [0.25, 0.3) is 0 Å². The van der Waals surface area contributed by atoms with E-state index >= 15 is 0 Å². The topological polar surface area (TPSA) is 162 Å². The summed E-state index contributed by atoms with van der Waals surface area (Å²) in [6.45, 7) is 1.75. The minimum Gasteiger partial charge on any atom is -0.481 e. The van der Waals surface area contributed by atoms with Crippen LogP contribution in [0.15, 0.2) is 48.5 Å². The Morgan fingerprint density at radius 2 is 1.82 bits per heavy atom. The number of anilines is 1. The van der Waals surface area contributed by atoms with Gasteiger partial charge in [0, 0.05) is 12.1 Å². The highest BCUT2D eigenvalue weighted by Gasteiger charge is 2.37. The minimum absolute atomic E-state index is 0.144. The molecular formula is C27H29ClN4O7. The number of rotatable bonds is 11. The molecule has 1 aliphatic heterocycles. The lowest BCUT2D eigenvalue weighted by Crippen LogP contribution is -2.54. The van der Waals surface area contributed by atoms with Gasteiger partial charge in [-0.05, 0) is 43.5 Å². The summed E-state index contributed by atoms with van der Waals surface area (Å²) < 4.78 is 0. The molecule has 39 heavy (non-hydrogen) atoms. The number of carbonyl (C=O) groups is 6. The van der Waals surface area contributed by atoms with Gasteiger partial charge in [0.1, 0.15) is 18.4 Å². The number of hydrogen-bond donors (Lipinski definition) is 4. The van der Waals surface area contributed by atoms with Gasteiger partial charge in [-0.2, -0.15) is 0 Å². The zero-order valence-corrected chi connectivity index (χ0v) is 21.9. The van der Waals surface area contributed by atoms with E-state index in [1.165, 1.54) is 30.0 Å². The van der Waals surface area contributed by atoms with E-state index in [9.17, 15) is 28.8 Å². The summed E-state index contributed by atoms with van der Waals surface area (Å²) in [5.74, 6) is -3.23. The summed E-state index contributed by atoms with van der Waals surface area (Å²) in [6.07, 6.45) is 0.789. The molecule has 4 amide bonds. The Morgan fingerprint density at radius 3 is 2.46 bits per heavy atom. The highest BCUT2D eigenvalue weighted by Crippen LogP contribution is 2.24. The predicted octanol–water partition coefficient (Wildman–Crippen LogP) is 1.79. The van der Waals surface area contributed by atoms with Gasteiger partial charge in [-0.15, -0.1) is 0 Å². The zero-order chi connectivity index (χ0) is 28.5. The number of amides is 4. The molecule has 2 aromatic carbocycles. The van der Waals surface area contributed by atoms with Crippen molar-refractivity contribution in [2.75, 3.05) is 11.9 Å². The Morgan fingerprint density at radius 1 is 1.10 bits per heavy atom. The van der Waals surface area contributed by atoms with Crippen molar-refractivity contribution in [3.63, 3.8) is 0 Å². The Labute approximate surface area is 229 Å². The Bertz CT molecular complexity index is 1250. The van der Waals surface area contributed by atoms with Gasteiger partial charge < -0.3 is 30.8 Å². The van der Waals surface area contributed by atoms with Crippen LogP contribution in [0, 0.1) is 0 Å². The van der Waals surface area contributed by atoms with Gasteiger partial charge in [-0.1, -0.05) is 41.9 Å². The van der Waals surface area contributed by atoms with E-state index in [0.717, 1.165) is 5.56 Å². The fourth-order valence-corrected chi connectivity index (χ4v) is 4.45. The molecule has 11 nitrogen and oxygen atoms in total. The van der Waals surface area contributed by atoms with E-state index in [-0.39, 0.29) is 29.5 Å². The fourth-order valence-electron chi connectivity index (χ4n) is 4.23. The first-order valence-corrected chi connectivity index (χ1v) is 12.7. The van der Waals surface area contributed by atoms with Crippen LogP contribution in [-0.2, 0) is 30.4 Å². The molecule has 1 saturated heterocycles. The third kappa shape index (κ3) is 8.11. The highest BCUT2D eigenvalue weighted by molar-refractivity contribution is 6.34. The molecule has 4 N–H and O–H groups in total. The summed E-state index contributed by atoms with van der Waals surface area (Å²) in [7, 11) is 0. The van der Waals surface area contributed by atoms with Gasteiger partial charge in [0.15, 0.2) is 0 Å². The van der Waals surface area contributed by atoms with Crippen molar-refractivity contribution in [2.45, 2.75) is 50.7 Å². The highest BCUT2D eigenvalue weighted by atomic mass is 35.5. The molecule has 0 saturated carbocycles. The molecule has 12 heteroatoms. The number of nitrogens with one attached hydrogen (secondary N) is 3. The van der Waals surface area contributed by atoms with Gasteiger partial charge in [-0.25, -0.2) is 0 Å². The Hall–Kier alpha value is -4.25. The smallest absolute Gasteiger partial charge is 0.305 e. The first-order chi connectivity index (χ1) is 18.6. The summed E-state index contributed by atoms with van der Waals surface area (Å²) in [6, 6.07) is 10.4. The number of hydrogen-bond acceptors (Lipinski definition) is 6. The SMILES string of the molecule is CC(NC(=O)c1ccc(NC(=O)Cc2ccccc2)c(Cl)c1)C(=O)N1CCCC1C(=O)NC(C=O)CC(=O)O. The molecular weight excluding hydrogens is 528 g/mol. The van der Waals surface area contributed by atoms with Crippen LogP contribution >= 0.6 is 11.6 Å². The van der Waals surface area contributed by atoms with Crippen molar-refractivity contribution in [1.29, 1.82) is 0 Å². The second kappa shape index (κ2) is 13.5. The molecule has 3 atom stereocenters. The third-order valence-electron chi connectivity index (χ3n) is 6.16. The maximum atomic E-state index is 13.0. The van der Waals surface area contributed by atoms with Crippen LogP contribution in [0.2, 0.25) is 5.02 Å². The zero-order valence-electron chi connectivity index (χ0n) is 21.2. The molecule has 1 aliphatic rings. The summed E-state index contributed by atoms with van der Waals surface area (Å²) in [5.41, 5.74) is 1.34. The number of halogens is 1. The molecule has 1 fully saturated rings. The first kappa shape index (κ1) is 29.3. The molecule has 0 aromatic heterocycles. The van der Waals surface area contributed by atoms with Gasteiger partial charge in [0.05, 0.1) is 29.6 Å². The van der Waals surface area contributed by atoms with Gasteiger partial charge >= 0.3 is 5.97 Å². The number of likely N-dealkylation sites (tertiary alicyclic amines) is 1. The Kier molecular flexibility index (Phi) is 10.2. The lowest BCUT2D eigenvalue weighted by molar-refractivity contribution is -0.141. The van der Waals surface area contributed by atoms with Crippen molar-refractivity contribution in [2.24, 2.45) is 0 Å². The van der Waals surface area contributed by atoms with E-state index in [0.29, 0.717) is 24.8 Å². The van der Waals surface area contributed by atoms with Crippen molar-refractivity contribution < 1.29 is 33.9 Å². The van der Waals surface area contributed by atoms with Crippen LogP contribution in [0.1, 0.15) is 42.1 Å². The summed E-state index contributed by atoms with van der Waals surface area (Å²) in [5, 5.41) is 16.7. The van der Waals surface area contributed by atoms with Gasteiger partial charge in [-0.3, -0.25) is 24.0 Å². The van der Waals surface area contributed by atoms with Crippen molar-refractivity contribution in [3.8, 4) is 0 Å². The first-order valence-electron chi connectivity index (χ1n) is 12.3. The quantitative estimate of drug-likeness (QED) is 0.307. The average molecular weight is 557 g/mol. The predicted molar refractivity (Wildman–Crippen MR) is 142 cm³/mol. The second-order valence-electron chi connectivity index (χ2n) is 9.14. The number of carboxylic acids is 1. The molecule has 0 bridgehead atoms. The third-order valence-corrected chi connectivity index (χ3v) is 6.47. The molecule has 0 radical (unpaired) electrons. The van der Waals surface area contributed by atoms with Crippen LogP contribution in [0.5, 0.6) is 0 Å². The number of nitrogens with zero attached hydrogens (tertiary/aromatic N) is 1. The summed E-state index contributed by atoms with van der Waals surface area (Å²) >= 11 is 6.29. The van der Waals surface area contributed by atoms with E-state index in [1.807, 2.05) is 30.3 Å². The van der Waals surface area contributed by atoms with E-state index in [4.69, 9.17) is 16.7 Å². The minimum atomic E-state index is -1.24. The fraction of sp³-hybridized carbons (Fsp3) is 0.333. The number of carbonyl (C=O) groups excluding carboxylic acids is 5. The Balaban J connectivity index is 1.58. The molecule has 0 spiro atoms. The van der Waals surface area contributed by atoms with Crippen LogP contribution in [-0.4, -0.2) is 70.6 Å². The molecule has 1 heterocycles. The number of aliphatic carboxylic acids is 1. The molecule has 206 valence electrons. The number of aldehydes is 1. The lowest BCUT2D eigenvalue weighted by atomic mass is 10.1. The molecule has 0 aliphatic carbocycles. The molecule has 3 unspecified atom stereocenters. The molecule has 3 rings (SSSR count). The lowest BCUT2D eigenvalue weighted by Gasteiger charge is -2.27.